The summed E-state index contributed by atoms with van der Waals surface area (Å²) in [5.74, 6) is 2.73. The Labute approximate surface area is 155 Å². The number of methoxy groups -OCH3 is 4. The molecule has 1 aliphatic rings. The Morgan fingerprint density at radius 3 is 2.04 bits per heavy atom. The van der Waals surface area contributed by atoms with Gasteiger partial charge in [0.15, 0.2) is 23.0 Å². The molecule has 0 saturated carbocycles. The highest BCUT2D eigenvalue weighted by Gasteiger charge is 2.23. The van der Waals surface area contributed by atoms with Crippen molar-refractivity contribution in [2.45, 2.75) is 19.4 Å². The molecule has 5 heteroatoms. The fraction of sp³-hybridized carbons (Fsp3) is 0.429. The Morgan fingerprint density at radius 1 is 0.846 bits per heavy atom. The van der Waals surface area contributed by atoms with E-state index >= 15 is 0 Å². The first-order valence-corrected chi connectivity index (χ1v) is 8.86. The summed E-state index contributed by atoms with van der Waals surface area (Å²) in [4.78, 5) is 2.47. The maximum Gasteiger partial charge on any atom is 0.167 e. The van der Waals surface area contributed by atoms with Crippen molar-refractivity contribution in [1.82, 2.24) is 4.90 Å². The van der Waals surface area contributed by atoms with Crippen LogP contribution in [0.3, 0.4) is 0 Å². The van der Waals surface area contributed by atoms with Crippen LogP contribution in [0.5, 0.6) is 23.0 Å². The minimum absolute atomic E-state index is 0.657. The van der Waals surface area contributed by atoms with Crippen molar-refractivity contribution in [2.75, 3.05) is 41.5 Å². The summed E-state index contributed by atoms with van der Waals surface area (Å²) in [6, 6.07) is 10.5. The Morgan fingerprint density at radius 2 is 1.46 bits per heavy atom. The molecular formula is C21H27NO4. The Bertz CT molecular complexity index is 730. The van der Waals surface area contributed by atoms with Crippen LogP contribution in [0, 0.1) is 0 Å². The average Bonchev–Trinajstić information content (AvgIpc) is 2.70. The molecule has 0 spiro atoms. The molecule has 1 heterocycles. The van der Waals surface area contributed by atoms with Crippen molar-refractivity contribution < 1.29 is 18.9 Å². The van der Waals surface area contributed by atoms with Gasteiger partial charge in [0.2, 0.25) is 0 Å². The van der Waals surface area contributed by atoms with E-state index in [1.54, 1.807) is 34.5 Å². The first-order chi connectivity index (χ1) is 12.7. The van der Waals surface area contributed by atoms with E-state index < -0.39 is 0 Å². The molecule has 0 saturated heterocycles. The third kappa shape index (κ3) is 3.58. The normalized spacial score (nSPS) is 13.8. The van der Waals surface area contributed by atoms with Gasteiger partial charge in [-0.1, -0.05) is 24.3 Å². The van der Waals surface area contributed by atoms with Gasteiger partial charge in [0.05, 0.1) is 28.4 Å². The lowest BCUT2D eigenvalue weighted by Crippen LogP contribution is -2.32. The van der Waals surface area contributed by atoms with Gasteiger partial charge < -0.3 is 18.9 Å². The molecule has 0 amide bonds. The van der Waals surface area contributed by atoms with Crippen LogP contribution in [-0.4, -0.2) is 46.4 Å². The van der Waals surface area contributed by atoms with Crippen molar-refractivity contribution >= 4 is 0 Å². The van der Waals surface area contributed by atoms with Crippen molar-refractivity contribution in [3.05, 3.63) is 47.0 Å². The van der Waals surface area contributed by atoms with Gasteiger partial charge in [-0.25, -0.2) is 0 Å². The van der Waals surface area contributed by atoms with Gasteiger partial charge in [0, 0.05) is 31.3 Å². The first kappa shape index (κ1) is 18.4. The van der Waals surface area contributed by atoms with E-state index in [0.717, 1.165) is 38.0 Å². The summed E-state index contributed by atoms with van der Waals surface area (Å²) < 4.78 is 22.2. The van der Waals surface area contributed by atoms with Crippen LogP contribution in [0.15, 0.2) is 30.3 Å². The van der Waals surface area contributed by atoms with E-state index in [0.29, 0.717) is 23.0 Å². The van der Waals surface area contributed by atoms with Crippen molar-refractivity contribution in [3.8, 4) is 23.0 Å². The van der Waals surface area contributed by atoms with Crippen LogP contribution in [-0.2, 0) is 19.4 Å². The van der Waals surface area contributed by atoms with Gasteiger partial charge in [-0.05, 0) is 24.0 Å². The van der Waals surface area contributed by atoms with Gasteiger partial charge in [-0.3, -0.25) is 4.90 Å². The number of nitrogens with zero attached hydrogens (tertiary/aromatic N) is 1. The fourth-order valence-corrected chi connectivity index (χ4v) is 3.64. The first-order valence-electron chi connectivity index (χ1n) is 8.86. The number of rotatable bonds is 7. The third-order valence-electron chi connectivity index (χ3n) is 4.99. The van der Waals surface area contributed by atoms with Crippen LogP contribution in [0.1, 0.15) is 16.7 Å². The van der Waals surface area contributed by atoms with Crippen molar-refractivity contribution in [1.29, 1.82) is 0 Å². The van der Waals surface area contributed by atoms with E-state index in [1.807, 2.05) is 0 Å². The molecule has 140 valence electrons. The minimum Gasteiger partial charge on any atom is -0.493 e. The van der Waals surface area contributed by atoms with Gasteiger partial charge in [-0.2, -0.15) is 0 Å². The summed E-state index contributed by atoms with van der Waals surface area (Å²) in [6.45, 7) is 2.95. The second-order valence-corrected chi connectivity index (χ2v) is 6.37. The second kappa shape index (κ2) is 8.32. The zero-order valence-corrected chi connectivity index (χ0v) is 16.0. The monoisotopic (exact) mass is 357 g/mol. The lowest BCUT2D eigenvalue weighted by molar-refractivity contribution is 0.253. The largest absolute Gasteiger partial charge is 0.493 e. The molecular weight excluding hydrogens is 330 g/mol. The maximum absolute atomic E-state index is 5.63. The molecule has 2 aromatic carbocycles. The second-order valence-electron chi connectivity index (χ2n) is 6.37. The van der Waals surface area contributed by atoms with Crippen LogP contribution < -0.4 is 18.9 Å². The van der Waals surface area contributed by atoms with Gasteiger partial charge in [0.25, 0.3) is 0 Å². The molecule has 0 radical (unpaired) electrons. The number of ether oxygens (including phenoxy) is 4. The third-order valence-corrected chi connectivity index (χ3v) is 4.99. The molecule has 0 aliphatic carbocycles. The number of fused-ring (bicyclic) bond motifs is 1. The molecule has 26 heavy (non-hydrogen) atoms. The summed E-state index contributed by atoms with van der Waals surface area (Å²) in [6.07, 6.45) is 1.88. The summed E-state index contributed by atoms with van der Waals surface area (Å²) in [5.41, 5.74) is 3.85. The van der Waals surface area contributed by atoms with Gasteiger partial charge in [0.1, 0.15) is 0 Å². The van der Waals surface area contributed by atoms with Crippen molar-refractivity contribution in [3.63, 3.8) is 0 Å². The Balaban J connectivity index is 1.83. The molecule has 0 aromatic heterocycles. The zero-order chi connectivity index (χ0) is 18.5. The van der Waals surface area contributed by atoms with E-state index in [4.69, 9.17) is 18.9 Å². The lowest BCUT2D eigenvalue weighted by Gasteiger charge is -2.29. The molecule has 0 bridgehead atoms. The maximum atomic E-state index is 5.63. The molecule has 0 unspecified atom stereocenters. The molecule has 3 rings (SSSR count). The topological polar surface area (TPSA) is 40.2 Å². The lowest BCUT2D eigenvalue weighted by atomic mass is 9.99. The molecule has 2 aromatic rings. The Hall–Kier alpha value is -2.40. The van der Waals surface area contributed by atoms with Gasteiger partial charge in [-0.15, -0.1) is 0 Å². The number of benzene rings is 2. The average molecular weight is 357 g/mol. The standard InChI is InChI=1S/C21H27NO4/c1-23-18-13-19(24-2)21(26-4)17(20(18)25-3)10-12-22-11-9-15-7-5-6-8-16(15)14-22/h5-8,13H,9-12,14H2,1-4H3. The molecule has 0 atom stereocenters. The quantitative estimate of drug-likeness (QED) is 0.760. The summed E-state index contributed by atoms with van der Waals surface area (Å²) in [5, 5.41) is 0. The highest BCUT2D eigenvalue weighted by atomic mass is 16.5. The molecule has 5 nitrogen and oxygen atoms in total. The highest BCUT2D eigenvalue weighted by Crippen LogP contribution is 2.44. The van der Waals surface area contributed by atoms with E-state index in [2.05, 4.69) is 29.2 Å². The van der Waals surface area contributed by atoms with E-state index in [9.17, 15) is 0 Å². The van der Waals surface area contributed by atoms with Crippen LogP contribution in [0.2, 0.25) is 0 Å². The molecule has 0 N–H and O–H groups in total. The van der Waals surface area contributed by atoms with Crippen molar-refractivity contribution in [2.24, 2.45) is 0 Å². The number of hydrogen-bond acceptors (Lipinski definition) is 5. The Kier molecular flexibility index (Phi) is 5.89. The molecule has 0 fully saturated rings. The predicted octanol–water partition coefficient (Wildman–Crippen LogP) is 3.32. The zero-order valence-electron chi connectivity index (χ0n) is 16.0. The van der Waals surface area contributed by atoms with Crippen LogP contribution in [0.25, 0.3) is 0 Å². The van der Waals surface area contributed by atoms with Gasteiger partial charge >= 0.3 is 0 Å². The minimum atomic E-state index is 0.657. The smallest absolute Gasteiger partial charge is 0.167 e. The SMILES string of the molecule is COc1cc(OC)c(OC)c(CCN2CCc3ccccc3C2)c1OC. The summed E-state index contributed by atoms with van der Waals surface area (Å²) >= 11 is 0. The van der Waals surface area contributed by atoms with E-state index in [1.165, 1.54) is 11.1 Å². The highest BCUT2D eigenvalue weighted by molar-refractivity contribution is 5.61. The van der Waals surface area contributed by atoms with E-state index in [-0.39, 0.29) is 0 Å². The predicted molar refractivity (Wildman–Crippen MR) is 102 cm³/mol. The molecule has 1 aliphatic heterocycles. The van der Waals surface area contributed by atoms with Crippen LogP contribution in [0.4, 0.5) is 0 Å². The number of hydrogen-bond donors (Lipinski definition) is 0. The summed E-state index contributed by atoms with van der Waals surface area (Å²) in [7, 11) is 6.58. The van der Waals surface area contributed by atoms with Crippen LogP contribution >= 0.6 is 0 Å². The fourth-order valence-electron chi connectivity index (χ4n) is 3.64.